The highest BCUT2D eigenvalue weighted by atomic mass is 31.2. The number of carbonyl (C=O) groups excluding carboxylic acids is 3. The average molecular weight is 1650 g/mol. The standard InChI is InChI=1S/C97H166O16P2/c1-4-7-10-13-16-19-22-25-28-30-32-34-36-38-40-42-44-45-47-49-50-52-54-56-58-60-63-65-68-71-74-77-80-83-95(100)107-86-92(98)87-109-114(103,104)110-88-93(99)89-111-115(105,106)112-91-94(113-97(102)85-82-79-76-73-70-67-62-27-24-21-18-15-12-9-6-3)90-108-96(101)84-81-78-75-72-69-66-64-61-59-57-55-53-51-48-46-43-41-39-37-35-33-31-29-26-23-20-17-14-11-8-5-2/h7-8,10-11,16-21,25-29,32-35,38-41,44-45,62,92-94,98-99H,4-6,9,12-15,22-24,30-31,36-37,42-43,46-61,63-91H2,1-3H3,(H,103,104)(H,105,106)/b10-7-,11-8-,19-16-,20-17-,21-18-,28-25-,29-26-,34-32-,35-33-,40-38-,41-39-,45-44-,62-27-. The summed E-state index contributed by atoms with van der Waals surface area (Å²) in [5.41, 5.74) is 0. The summed E-state index contributed by atoms with van der Waals surface area (Å²) in [6.07, 6.45) is 113. The summed E-state index contributed by atoms with van der Waals surface area (Å²) in [4.78, 5) is 58.9. The van der Waals surface area contributed by atoms with Crippen molar-refractivity contribution in [2.45, 2.75) is 399 Å². The van der Waals surface area contributed by atoms with Crippen LogP contribution in [0.25, 0.3) is 0 Å². The molecule has 0 aliphatic heterocycles. The van der Waals surface area contributed by atoms with Crippen molar-refractivity contribution in [1.29, 1.82) is 0 Å². The number of phosphoric acid groups is 2. The van der Waals surface area contributed by atoms with Crippen LogP contribution in [-0.2, 0) is 55.8 Å². The van der Waals surface area contributed by atoms with E-state index in [2.05, 4.69) is 179 Å². The van der Waals surface area contributed by atoms with E-state index in [0.717, 1.165) is 161 Å². The molecule has 5 atom stereocenters. The van der Waals surface area contributed by atoms with Gasteiger partial charge in [0, 0.05) is 19.3 Å². The van der Waals surface area contributed by atoms with Crippen LogP contribution in [0.2, 0.25) is 0 Å². The summed E-state index contributed by atoms with van der Waals surface area (Å²) in [5, 5.41) is 20.7. The van der Waals surface area contributed by atoms with E-state index >= 15 is 0 Å². The van der Waals surface area contributed by atoms with Gasteiger partial charge in [0.1, 0.15) is 25.4 Å². The molecule has 0 heterocycles. The predicted octanol–water partition coefficient (Wildman–Crippen LogP) is 28.1. The monoisotopic (exact) mass is 1650 g/mol. The van der Waals surface area contributed by atoms with Gasteiger partial charge in [-0.15, -0.1) is 0 Å². The molecule has 0 spiro atoms. The summed E-state index contributed by atoms with van der Waals surface area (Å²) >= 11 is 0. The molecule has 0 amide bonds. The minimum atomic E-state index is -4.94. The first-order chi connectivity index (χ1) is 56.2. The third kappa shape index (κ3) is 89.8. The van der Waals surface area contributed by atoms with Crippen molar-refractivity contribution in [3.63, 3.8) is 0 Å². The fourth-order valence-electron chi connectivity index (χ4n) is 12.3. The Hall–Kier alpha value is -4.83. The maximum Gasteiger partial charge on any atom is 0.472 e. The molecule has 115 heavy (non-hydrogen) atoms. The summed E-state index contributed by atoms with van der Waals surface area (Å²) in [5.74, 6) is -1.58. The SMILES string of the molecule is CC/C=C\C/C=C\C/C=C\C/C=C\C/C=C\C/C=C\CCCCCCCCCCCCCCCCC(=O)OCC(O)COP(=O)(O)OCC(O)COP(=O)(O)OCC(COC(=O)CCCCCCCCCCCCCCCCC/C=C\C/C=C\C/C=C\C/C=C\C/C=C\CC)OC(=O)CCCCCCC/C=C\C/C=C\CCCCC. The molecule has 0 aromatic carbocycles. The molecule has 0 saturated heterocycles. The zero-order valence-electron chi connectivity index (χ0n) is 72.7. The van der Waals surface area contributed by atoms with E-state index < -0.39 is 91.5 Å². The van der Waals surface area contributed by atoms with E-state index in [0.29, 0.717) is 19.3 Å². The van der Waals surface area contributed by atoms with Gasteiger partial charge in [-0.2, -0.15) is 0 Å². The Kier molecular flexibility index (Phi) is 84.7. The molecule has 0 bridgehead atoms. The lowest BCUT2D eigenvalue weighted by Gasteiger charge is -2.21. The molecule has 0 saturated carbocycles. The fraction of sp³-hybridized carbons (Fsp3) is 0.701. The first-order valence-electron chi connectivity index (χ1n) is 45.8. The van der Waals surface area contributed by atoms with Crippen LogP contribution in [0.1, 0.15) is 380 Å². The Morgan fingerprint density at radius 3 is 0.730 bits per heavy atom. The number of aliphatic hydroxyl groups is 2. The largest absolute Gasteiger partial charge is 0.472 e. The second-order valence-corrected chi connectivity index (χ2v) is 33.2. The number of hydrogen-bond donors (Lipinski definition) is 4. The third-order valence-electron chi connectivity index (χ3n) is 19.2. The van der Waals surface area contributed by atoms with Crippen LogP contribution >= 0.6 is 15.6 Å². The fourth-order valence-corrected chi connectivity index (χ4v) is 13.9. The Balaban J connectivity index is 4.46. The van der Waals surface area contributed by atoms with Crippen LogP contribution in [0.4, 0.5) is 0 Å². The van der Waals surface area contributed by atoms with Gasteiger partial charge in [0.05, 0.1) is 26.4 Å². The number of carbonyl (C=O) groups is 3. The first kappa shape index (κ1) is 110. The molecule has 4 N–H and O–H groups in total. The van der Waals surface area contributed by atoms with Gasteiger partial charge in [0.2, 0.25) is 0 Å². The minimum absolute atomic E-state index is 0.0874. The second-order valence-electron chi connectivity index (χ2n) is 30.3. The molecular weight excluding hydrogens is 1480 g/mol. The summed E-state index contributed by atoms with van der Waals surface area (Å²) in [6.45, 7) is 2.45. The number of phosphoric ester groups is 2. The van der Waals surface area contributed by atoms with Crippen molar-refractivity contribution in [3.8, 4) is 0 Å². The zero-order chi connectivity index (χ0) is 83.6. The summed E-state index contributed by atoms with van der Waals surface area (Å²) in [6, 6.07) is 0. The molecule has 18 heteroatoms. The summed E-state index contributed by atoms with van der Waals surface area (Å²) in [7, 11) is -9.81. The van der Waals surface area contributed by atoms with E-state index in [1.165, 1.54) is 161 Å². The van der Waals surface area contributed by atoms with Gasteiger partial charge in [0.15, 0.2) is 6.10 Å². The molecule has 0 rings (SSSR count). The van der Waals surface area contributed by atoms with E-state index in [1.807, 2.05) is 0 Å². The molecule has 0 aliphatic carbocycles. The van der Waals surface area contributed by atoms with E-state index in [4.69, 9.17) is 32.3 Å². The predicted molar refractivity (Wildman–Crippen MR) is 482 cm³/mol. The minimum Gasteiger partial charge on any atom is -0.463 e. The Bertz CT molecular complexity index is 2720. The molecular formula is C97H166O16P2. The zero-order valence-corrected chi connectivity index (χ0v) is 74.5. The topological polar surface area (TPSA) is 231 Å². The molecule has 0 aliphatic rings. The maximum atomic E-state index is 13.0. The number of rotatable bonds is 86. The van der Waals surface area contributed by atoms with Crippen molar-refractivity contribution < 1.29 is 75.8 Å². The van der Waals surface area contributed by atoms with Gasteiger partial charge < -0.3 is 34.2 Å². The Morgan fingerprint density at radius 1 is 0.252 bits per heavy atom. The molecule has 5 unspecified atom stereocenters. The van der Waals surface area contributed by atoms with Crippen molar-refractivity contribution >= 4 is 33.6 Å². The lowest BCUT2D eigenvalue weighted by molar-refractivity contribution is -0.161. The van der Waals surface area contributed by atoms with Crippen molar-refractivity contribution in [1.82, 2.24) is 0 Å². The first-order valence-corrected chi connectivity index (χ1v) is 48.8. The number of allylic oxidation sites excluding steroid dienone is 26. The highest BCUT2D eigenvalue weighted by Gasteiger charge is 2.29. The normalized spacial score (nSPS) is 14.5. The molecule has 0 aromatic heterocycles. The lowest BCUT2D eigenvalue weighted by Crippen LogP contribution is -2.30. The van der Waals surface area contributed by atoms with Gasteiger partial charge in [-0.1, -0.05) is 371 Å². The Labute approximate surface area is 701 Å². The number of hydrogen-bond acceptors (Lipinski definition) is 14. The number of esters is 3. The van der Waals surface area contributed by atoms with Gasteiger partial charge in [0.25, 0.3) is 0 Å². The molecule has 0 radical (unpaired) electrons. The van der Waals surface area contributed by atoms with Gasteiger partial charge >= 0.3 is 33.6 Å². The highest BCUT2D eigenvalue weighted by molar-refractivity contribution is 7.47. The van der Waals surface area contributed by atoms with Crippen molar-refractivity contribution in [3.05, 3.63) is 158 Å². The second kappa shape index (κ2) is 88.5. The van der Waals surface area contributed by atoms with Crippen LogP contribution in [0.15, 0.2) is 158 Å². The summed E-state index contributed by atoms with van der Waals surface area (Å²) < 4.78 is 61.4. The van der Waals surface area contributed by atoms with E-state index in [9.17, 15) is 43.5 Å². The van der Waals surface area contributed by atoms with Crippen LogP contribution in [0.5, 0.6) is 0 Å². The molecule has 0 aromatic rings. The number of aliphatic hydroxyl groups excluding tert-OH is 2. The Morgan fingerprint density at radius 2 is 0.461 bits per heavy atom. The van der Waals surface area contributed by atoms with Crippen LogP contribution < -0.4 is 0 Å². The van der Waals surface area contributed by atoms with Crippen molar-refractivity contribution in [2.75, 3.05) is 39.6 Å². The van der Waals surface area contributed by atoms with Crippen LogP contribution in [0, 0.1) is 0 Å². The molecule has 660 valence electrons. The van der Waals surface area contributed by atoms with E-state index in [-0.39, 0.29) is 19.3 Å². The maximum absolute atomic E-state index is 13.0. The smallest absolute Gasteiger partial charge is 0.463 e. The number of ether oxygens (including phenoxy) is 3. The van der Waals surface area contributed by atoms with E-state index in [1.54, 1.807) is 0 Å². The molecule has 0 fully saturated rings. The van der Waals surface area contributed by atoms with Gasteiger partial charge in [-0.3, -0.25) is 32.5 Å². The average Bonchev–Trinajstić information content (AvgIpc) is 0.898. The van der Waals surface area contributed by atoms with Crippen LogP contribution in [-0.4, -0.2) is 95.9 Å². The quantitative estimate of drug-likeness (QED) is 0.0146. The highest BCUT2D eigenvalue weighted by Crippen LogP contribution is 2.45. The third-order valence-corrected chi connectivity index (χ3v) is 21.1. The lowest BCUT2D eigenvalue weighted by atomic mass is 10.0. The van der Waals surface area contributed by atoms with Crippen LogP contribution in [0.3, 0.4) is 0 Å². The van der Waals surface area contributed by atoms with Crippen molar-refractivity contribution in [2.24, 2.45) is 0 Å². The van der Waals surface area contributed by atoms with Gasteiger partial charge in [-0.05, 0) is 148 Å². The number of unbranched alkanes of at least 4 members (excludes halogenated alkanes) is 37. The van der Waals surface area contributed by atoms with Gasteiger partial charge in [-0.25, -0.2) is 9.13 Å². The molecule has 16 nitrogen and oxygen atoms in total.